The summed E-state index contributed by atoms with van der Waals surface area (Å²) in [5.41, 5.74) is 0.394. The highest BCUT2D eigenvalue weighted by Crippen LogP contribution is 2.22. The normalized spacial score (nSPS) is 10.2. The molecule has 0 bridgehead atoms. The molecule has 74 valence electrons. The van der Waals surface area contributed by atoms with Crippen molar-refractivity contribution < 1.29 is 9.59 Å². The lowest BCUT2D eigenvalue weighted by Gasteiger charge is -2.02. The fourth-order valence-electron chi connectivity index (χ4n) is 1.52. The fraction of sp³-hybridized carbons (Fsp3) is 0. The van der Waals surface area contributed by atoms with Gasteiger partial charge in [0.25, 0.3) is 0 Å². The van der Waals surface area contributed by atoms with Crippen LogP contribution < -0.4 is 0 Å². The minimum Gasteiger partial charge on any atom is -0.294 e. The summed E-state index contributed by atoms with van der Waals surface area (Å²) < 4.78 is 0. The highest BCUT2D eigenvalue weighted by molar-refractivity contribution is 6.37. The van der Waals surface area contributed by atoms with Crippen molar-refractivity contribution in [2.75, 3.05) is 0 Å². The molecule has 0 heterocycles. The molecular weight excluding hydrogens is 212 g/mol. The summed E-state index contributed by atoms with van der Waals surface area (Å²) in [6.07, 6.45) is 0.315. The first-order chi connectivity index (χ1) is 7.22. The summed E-state index contributed by atoms with van der Waals surface area (Å²) in [7, 11) is 0. The summed E-state index contributed by atoms with van der Waals surface area (Å²) in [6, 6.07) is 10.5. The van der Waals surface area contributed by atoms with Gasteiger partial charge in [-0.15, -0.1) is 0 Å². The van der Waals surface area contributed by atoms with Crippen molar-refractivity contribution in [3.63, 3.8) is 0 Å². The molecule has 0 fully saturated rings. The van der Waals surface area contributed by atoms with Gasteiger partial charge in [-0.05, 0) is 22.9 Å². The van der Waals surface area contributed by atoms with Crippen LogP contribution in [0.5, 0.6) is 0 Å². The van der Waals surface area contributed by atoms with Crippen molar-refractivity contribution in [1.82, 2.24) is 0 Å². The van der Waals surface area contributed by atoms with Crippen LogP contribution >= 0.6 is 11.6 Å². The molecule has 0 saturated heterocycles. The standard InChI is InChI=1S/C12H7ClO2/c13-9-5-4-8-2-1-3-10(11(8)6-9)12(15)7-14/h1-7H. The summed E-state index contributed by atoms with van der Waals surface area (Å²) in [5, 5.41) is 2.16. The molecule has 0 aliphatic rings. The van der Waals surface area contributed by atoms with Gasteiger partial charge in [0.05, 0.1) is 0 Å². The summed E-state index contributed by atoms with van der Waals surface area (Å²) >= 11 is 5.84. The molecule has 2 rings (SSSR count). The second-order valence-electron chi connectivity index (χ2n) is 3.15. The van der Waals surface area contributed by atoms with E-state index in [2.05, 4.69) is 0 Å². The molecule has 0 radical (unpaired) electrons. The number of Topliss-reactive ketones (excluding diaryl/α,β-unsaturated/α-hetero) is 1. The van der Waals surface area contributed by atoms with E-state index in [1.807, 2.05) is 12.1 Å². The Kier molecular flexibility index (Phi) is 2.52. The number of fused-ring (bicyclic) bond motifs is 1. The minimum atomic E-state index is -0.525. The van der Waals surface area contributed by atoms with E-state index in [0.29, 0.717) is 22.3 Å². The number of hydrogen-bond acceptors (Lipinski definition) is 2. The predicted octanol–water partition coefficient (Wildman–Crippen LogP) is 2.87. The minimum absolute atomic E-state index is 0.315. The summed E-state index contributed by atoms with van der Waals surface area (Å²) in [5.74, 6) is -0.525. The Bertz CT molecular complexity index is 546. The van der Waals surface area contributed by atoms with E-state index >= 15 is 0 Å². The number of ketones is 1. The molecule has 0 aliphatic heterocycles. The second-order valence-corrected chi connectivity index (χ2v) is 3.59. The SMILES string of the molecule is O=CC(=O)c1cccc2ccc(Cl)cc12. The summed E-state index contributed by atoms with van der Waals surface area (Å²) in [6.45, 7) is 0. The van der Waals surface area contributed by atoms with E-state index in [9.17, 15) is 9.59 Å². The number of benzene rings is 2. The predicted molar refractivity (Wildman–Crippen MR) is 59.4 cm³/mol. The molecule has 0 spiro atoms. The third kappa shape index (κ3) is 1.76. The first-order valence-corrected chi connectivity index (χ1v) is 4.78. The number of carbonyl (C=O) groups is 2. The largest absolute Gasteiger partial charge is 0.294 e. The molecule has 0 N–H and O–H groups in total. The molecule has 2 aromatic rings. The second kappa shape index (κ2) is 3.83. The smallest absolute Gasteiger partial charge is 0.225 e. The zero-order valence-corrected chi connectivity index (χ0v) is 8.49. The van der Waals surface area contributed by atoms with Gasteiger partial charge in [0.15, 0.2) is 6.29 Å². The van der Waals surface area contributed by atoms with Crippen molar-refractivity contribution in [1.29, 1.82) is 0 Å². The van der Waals surface area contributed by atoms with Crippen molar-refractivity contribution in [2.24, 2.45) is 0 Å². The molecule has 0 amide bonds. The highest BCUT2D eigenvalue weighted by Gasteiger charge is 2.08. The molecule has 0 unspecified atom stereocenters. The lowest BCUT2D eigenvalue weighted by molar-refractivity contribution is -0.104. The van der Waals surface area contributed by atoms with Gasteiger partial charge in [-0.1, -0.05) is 35.9 Å². The topological polar surface area (TPSA) is 34.1 Å². The maximum absolute atomic E-state index is 11.3. The van der Waals surface area contributed by atoms with E-state index in [4.69, 9.17) is 11.6 Å². The third-order valence-corrected chi connectivity index (χ3v) is 2.45. The van der Waals surface area contributed by atoms with Crippen LogP contribution in [0.1, 0.15) is 10.4 Å². The van der Waals surface area contributed by atoms with Gasteiger partial charge in [-0.2, -0.15) is 0 Å². The van der Waals surface area contributed by atoms with Crippen molar-refractivity contribution in [3.05, 3.63) is 47.0 Å². The maximum atomic E-state index is 11.3. The molecular formula is C12H7ClO2. The van der Waals surface area contributed by atoms with Crippen molar-refractivity contribution in [3.8, 4) is 0 Å². The van der Waals surface area contributed by atoms with Gasteiger partial charge in [0.1, 0.15) is 0 Å². The lowest BCUT2D eigenvalue weighted by atomic mass is 10.0. The molecule has 0 aromatic heterocycles. The Morgan fingerprint density at radius 1 is 1.20 bits per heavy atom. The van der Waals surface area contributed by atoms with Crippen LogP contribution in [0.2, 0.25) is 5.02 Å². The molecule has 15 heavy (non-hydrogen) atoms. The van der Waals surface area contributed by atoms with E-state index < -0.39 is 5.78 Å². The van der Waals surface area contributed by atoms with Crippen LogP contribution in [0.25, 0.3) is 10.8 Å². The van der Waals surface area contributed by atoms with Crippen LogP contribution in [0.3, 0.4) is 0 Å². The van der Waals surface area contributed by atoms with Crippen molar-refractivity contribution >= 4 is 34.4 Å². The molecule has 3 heteroatoms. The highest BCUT2D eigenvalue weighted by atomic mass is 35.5. The average Bonchev–Trinajstić information content (AvgIpc) is 2.27. The Hall–Kier alpha value is -1.67. The number of hydrogen-bond donors (Lipinski definition) is 0. The van der Waals surface area contributed by atoms with E-state index in [0.717, 1.165) is 5.39 Å². The molecule has 2 aromatic carbocycles. The Morgan fingerprint density at radius 2 is 2.00 bits per heavy atom. The molecule has 2 nitrogen and oxygen atoms in total. The quantitative estimate of drug-likeness (QED) is 0.441. The van der Waals surface area contributed by atoms with E-state index in [1.54, 1.807) is 24.3 Å². The zero-order chi connectivity index (χ0) is 10.8. The molecule has 0 aliphatic carbocycles. The third-order valence-electron chi connectivity index (χ3n) is 2.22. The lowest BCUT2D eigenvalue weighted by Crippen LogP contribution is -2.00. The van der Waals surface area contributed by atoms with Crippen molar-refractivity contribution in [2.45, 2.75) is 0 Å². The zero-order valence-electron chi connectivity index (χ0n) is 7.74. The molecule has 0 atom stereocenters. The van der Waals surface area contributed by atoms with Gasteiger partial charge in [0, 0.05) is 10.6 Å². The number of halogens is 1. The number of rotatable bonds is 2. The van der Waals surface area contributed by atoms with Gasteiger partial charge in [-0.25, -0.2) is 0 Å². The van der Waals surface area contributed by atoms with Crippen LogP contribution in [-0.2, 0) is 4.79 Å². The van der Waals surface area contributed by atoms with Gasteiger partial charge >= 0.3 is 0 Å². The summed E-state index contributed by atoms with van der Waals surface area (Å²) in [4.78, 5) is 21.8. The maximum Gasteiger partial charge on any atom is 0.225 e. The van der Waals surface area contributed by atoms with Crippen LogP contribution in [0.15, 0.2) is 36.4 Å². The fourth-order valence-corrected chi connectivity index (χ4v) is 1.70. The first kappa shape index (κ1) is 9.87. The Morgan fingerprint density at radius 3 is 2.73 bits per heavy atom. The van der Waals surface area contributed by atoms with Gasteiger partial charge in [0.2, 0.25) is 5.78 Å². The van der Waals surface area contributed by atoms with E-state index in [-0.39, 0.29) is 0 Å². The van der Waals surface area contributed by atoms with Gasteiger partial charge < -0.3 is 0 Å². The number of aldehydes is 1. The van der Waals surface area contributed by atoms with Gasteiger partial charge in [-0.3, -0.25) is 9.59 Å². The van der Waals surface area contributed by atoms with E-state index in [1.165, 1.54) is 0 Å². The Balaban J connectivity index is 2.79. The monoisotopic (exact) mass is 218 g/mol. The molecule has 0 saturated carbocycles. The number of carbonyl (C=O) groups excluding carboxylic acids is 2. The average molecular weight is 219 g/mol. The van der Waals surface area contributed by atoms with Crippen LogP contribution in [0.4, 0.5) is 0 Å². The van der Waals surface area contributed by atoms with Crippen LogP contribution in [0, 0.1) is 0 Å². The first-order valence-electron chi connectivity index (χ1n) is 4.40. The Labute approximate surface area is 91.5 Å². The van der Waals surface area contributed by atoms with Crippen LogP contribution in [-0.4, -0.2) is 12.1 Å².